The summed E-state index contributed by atoms with van der Waals surface area (Å²) in [6.07, 6.45) is 9.03. The third kappa shape index (κ3) is 1.77. The van der Waals surface area contributed by atoms with E-state index in [1.807, 2.05) is 0 Å². The second-order valence-electron chi connectivity index (χ2n) is 4.13. The van der Waals surface area contributed by atoms with Gasteiger partial charge in [-0.25, -0.2) is 0 Å². The van der Waals surface area contributed by atoms with Gasteiger partial charge in [0.25, 0.3) is 0 Å². The summed E-state index contributed by atoms with van der Waals surface area (Å²) >= 11 is 0. The van der Waals surface area contributed by atoms with Gasteiger partial charge >= 0.3 is 0 Å². The molecule has 0 fully saturated rings. The van der Waals surface area contributed by atoms with Crippen LogP contribution in [0.5, 0.6) is 0 Å². The molecule has 0 unspecified atom stereocenters. The Morgan fingerprint density at radius 1 is 1.27 bits per heavy atom. The van der Waals surface area contributed by atoms with Crippen LogP contribution in [-0.4, -0.2) is 0 Å². The van der Waals surface area contributed by atoms with E-state index in [2.05, 4.69) is 51.1 Å². The van der Waals surface area contributed by atoms with Crippen LogP contribution in [0.1, 0.15) is 38.3 Å². The van der Waals surface area contributed by atoms with Crippen molar-refractivity contribution in [2.75, 3.05) is 0 Å². The summed E-state index contributed by atoms with van der Waals surface area (Å²) in [7, 11) is 0. The summed E-state index contributed by atoms with van der Waals surface area (Å²) in [4.78, 5) is 0. The first kappa shape index (κ1) is 10.2. The van der Waals surface area contributed by atoms with E-state index >= 15 is 0 Å². The van der Waals surface area contributed by atoms with Crippen LogP contribution in [0.25, 0.3) is 17.7 Å². The fraction of sp³-hybridized carbons (Fsp3) is 0.333. The maximum Gasteiger partial charge on any atom is -0.00853 e. The average Bonchev–Trinajstić information content (AvgIpc) is 2.60. The Kier molecular flexibility index (Phi) is 2.77. The van der Waals surface area contributed by atoms with Crippen molar-refractivity contribution >= 4 is 17.7 Å². The van der Waals surface area contributed by atoms with E-state index in [1.165, 1.54) is 27.1 Å². The summed E-state index contributed by atoms with van der Waals surface area (Å²) < 4.78 is 0. The predicted octanol–water partition coefficient (Wildman–Crippen LogP) is 2.64. The van der Waals surface area contributed by atoms with Gasteiger partial charge in [0.05, 0.1) is 0 Å². The minimum atomic E-state index is 1.10. The first-order valence-electron chi connectivity index (χ1n) is 5.73. The molecule has 0 N–H and O–H groups in total. The van der Waals surface area contributed by atoms with Crippen LogP contribution in [0.15, 0.2) is 18.2 Å². The van der Waals surface area contributed by atoms with Crippen molar-refractivity contribution in [2.45, 2.75) is 33.6 Å². The van der Waals surface area contributed by atoms with Crippen LogP contribution in [0.4, 0.5) is 0 Å². The Labute approximate surface area is 91.6 Å². The van der Waals surface area contributed by atoms with Gasteiger partial charge in [0, 0.05) is 0 Å². The lowest BCUT2D eigenvalue weighted by molar-refractivity contribution is 1.25. The highest BCUT2D eigenvalue weighted by atomic mass is 14.1. The maximum absolute atomic E-state index is 2.34. The Balaban J connectivity index is 2.72. The molecule has 78 valence electrons. The number of allylic oxidation sites excluding steroid dienone is 2. The molecule has 0 heteroatoms. The van der Waals surface area contributed by atoms with Gasteiger partial charge in [0.2, 0.25) is 0 Å². The van der Waals surface area contributed by atoms with Crippen molar-refractivity contribution < 1.29 is 0 Å². The molecule has 2 rings (SSSR count). The van der Waals surface area contributed by atoms with Crippen LogP contribution in [0, 0.1) is 0 Å². The fourth-order valence-electron chi connectivity index (χ4n) is 2.24. The van der Waals surface area contributed by atoms with Crippen molar-refractivity contribution in [3.8, 4) is 0 Å². The molecule has 0 radical (unpaired) electrons. The molecule has 0 saturated carbocycles. The minimum Gasteiger partial charge on any atom is -0.0798 e. The number of benzene rings is 1. The summed E-state index contributed by atoms with van der Waals surface area (Å²) in [6, 6.07) is 4.68. The van der Waals surface area contributed by atoms with Crippen LogP contribution in [0.3, 0.4) is 0 Å². The SMILES string of the molecule is C/C=c1/cc2c(c/c1=C/CC)C(C)=CC2. The molecule has 0 aliphatic heterocycles. The van der Waals surface area contributed by atoms with Gasteiger partial charge in [-0.3, -0.25) is 0 Å². The highest BCUT2D eigenvalue weighted by Crippen LogP contribution is 2.23. The van der Waals surface area contributed by atoms with E-state index < -0.39 is 0 Å². The summed E-state index contributed by atoms with van der Waals surface area (Å²) in [6.45, 7) is 6.51. The zero-order valence-electron chi connectivity index (χ0n) is 9.80. The van der Waals surface area contributed by atoms with E-state index in [0.717, 1.165) is 12.8 Å². The van der Waals surface area contributed by atoms with Gasteiger partial charge in [-0.05, 0) is 59.9 Å². The molecule has 0 spiro atoms. The van der Waals surface area contributed by atoms with Gasteiger partial charge in [-0.1, -0.05) is 31.2 Å². The normalized spacial score (nSPS) is 16.9. The summed E-state index contributed by atoms with van der Waals surface area (Å²) in [5, 5.41) is 2.76. The Bertz CT molecular complexity index is 516. The molecule has 0 amide bonds. The predicted molar refractivity (Wildman–Crippen MR) is 67.9 cm³/mol. The molecule has 0 aromatic heterocycles. The minimum absolute atomic E-state index is 1.10. The summed E-state index contributed by atoms with van der Waals surface area (Å²) in [5.74, 6) is 0. The van der Waals surface area contributed by atoms with E-state index in [9.17, 15) is 0 Å². The molecule has 0 saturated heterocycles. The average molecular weight is 198 g/mol. The van der Waals surface area contributed by atoms with Crippen molar-refractivity contribution in [3.05, 3.63) is 39.8 Å². The first-order chi connectivity index (χ1) is 7.26. The van der Waals surface area contributed by atoms with Gasteiger partial charge in [-0.15, -0.1) is 0 Å². The highest BCUT2D eigenvalue weighted by Gasteiger charge is 2.09. The number of rotatable bonds is 1. The zero-order valence-corrected chi connectivity index (χ0v) is 9.80. The van der Waals surface area contributed by atoms with E-state index in [4.69, 9.17) is 0 Å². The van der Waals surface area contributed by atoms with Crippen LogP contribution < -0.4 is 10.4 Å². The Morgan fingerprint density at radius 3 is 2.73 bits per heavy atom. The monoisotopic (exact) mass is 198 g/mol. The topological polar surface area (TPSA) is 0 Å². The highest BCUT2D eigenvalue weighted by molar-refractivity contribution is 5.71. The smallest absolute Gasteiger partial charge is 0.00853 e. The van der Waals surface area contributed by atoms with Gasteiger partial charge in [-0.2, -0.15) is 0 Å². The quantitative estimate of drug-likeness (QED) is 0.651. The number of fused-ring (bicyclic) bond motifs is 1. The summed E-state index contributed by atoms with van der Waals surface area (Å²) in [5.41, 5.74) is 4.35. The van der Waals surface area contributed by atoms with Crippen LogP contribution in [-0.2, 0) is 6.42 Å². The van der Waals surface area contributed by atoms with Gasteiger partial charge in [0.15, 0.2) is 0 Å². The van der Waals surface area contributed by atoms with E-state index in [0.29, 0.717) is 0 Å². The maximum atomic E-state index is 2.34. The number of hydrogen-bond donors (Lipinski definition) is 0. The van der Waals surface area contributed by atoms with Crippen molar-refractivity contribution in [2.24, 2.45) is 0 Å². The van der Waals surface area contributed by atoms with E-state index in [1.54, 1.807) is 0 Å². The second-order valence-corrected chi connectivity index (χ2v) is 4.13. The van der Waals surface area contributed by atoms with Crippen molar-refractivity contribution in [1.82, 2.24) is 0 Å². The van der Waals surface area contributed by atoms with Crippen LogP contribution >= 0.6 is 0 Å². The molecule has 0 bridgehead atoms. The van der Waals surface area contributed by atoms with Crippen molar-refractivity contribution in [3.63, 3.8) is 0 Å². The molecule has 1 aliphatic carbocycles. The fourth-order valence-corrected chi connectivity index (χ4v) is 2.24. The molecule has 0 heterocycles. The zero-order chi connectivity index (χ0) is 10.8. The second kappa shape index (κ2) is 4.06. The Hall–Kier alpha value is -1.30. The lowest BCUT2D eigenvalue weighted by Crippen LogP contribution is -2.25. The first-order valence-corrected chi connectivity index (χ1v) is 5.73. The van der Waals surface area contributed by atoms with E-state index in [-0.39, 0.29) is 0 Å². The lowest BCUT2D eigenvalue weighted by Gasteiger charge is -2.02. The molecule has 1 aromatic carbocycles. The van der Waals surface area contributed by atoms with Gasteiger partial charge in [0.1, 0.15) is 0 Å². The van der Waals surface area contributed by atoms with Crippen LogP contribution in [0.2, 0.25) is 0 Å². The largest absolute Gasteiger partial charge is 0.0798 e. The number of hydrogen-bond acceptors (Lipinski definition) is 0. The molecule has 0 atom stereocenters. The molecule has 0 nitrogen and oxygen atoms in total. The Morgan fingerprint density at radius 2 is 2.07 bits per heavy atom. The molecule has 1 aliphatic rings. The van der Waals surface area contributed by atoms with Crippen molar-refractivity contribution in [1.29, 1.82) is 0 Å². The molecule has 15 heavy (non-hydrogen) atoms. The molecule has 1 aromatic rings. The lowest BCUT2D eigenvalue weighted by atomic mass is 10.0. The molecular formula is C15H18. The van der Waals surface area contributed by atoms with Gasteiger partial charge < -0.3 is 0 Å². The molecular weight excluding hydrogens is 180 g/mol. The standard InChI is InChI=1S/C15H18/c1-4-6-13-10-15-11(3)7-8-14(15)9-12(13)5-2/h5-7,9-10H,4,8H2,1-3H3/b12-5-,13-6-. The third-order valence-electron chi connectivity index (χ3n) is 3.10. The third-order valence-corrected chi connectivity index (χ3v) is 3.10.